The van der Waals surface area contributed by atoms with Crippen molar-refractivity contribution in [3.63, 3.8) is 0 Å². The lowest BCUT2D eigenvalue weighted by Crippen LogP contribution is -2.59. The molecule has 12 heteroatoms. The first kappa shape index (κ1) is 27.8. The van der Waals surface area contributed by atoms with Gasteiger partial charge in [-0.3, -0.25) is 14.4 Å². The van der Waals surface area contributed by atoms with E-state index in [1.165, 1.54) is 24.3 Å². The number of carboxylic acids is 1. The lowest BCUT2D eigenvalue weighted by atomic mass is 9.97. The van der Waals surface area contributed by atoms with E-state index in [0.717, 1.165) is 0 Å². The molecule has 12 nitrogen and oxygen atoms in total. The van der Waals surface area contributed by atoms with Crippen LogP contribution in [0.25, 0.3) is 0 Å². The third-order valence-electron chi connectivity index (χ3n) is 5.13. The van der Waals surface area contributed by atoms with Crippen LogP contribution in [-0.4, -0.2) is 81.5 Å². The van der Waals surface area contributed by atoms with E-state index in [1.807, 2.05) is 0 Å². The molecule has 0 spiro atoms. The summed E-state index contributed by atoms with van der Waals surface area (Å²) in [6.45, 7) is 2.02. The number of hydrogen-bond acceptors (Lipinski definition) is 8. The zero-order valence-corrected chi connectivity index (χ0v) is 18.5. The van der Waals surface area contributed by atoms with Gasteiger partial charge in [0.05, 0.1) is 13.2 Å². The summed E-state index contributed by atoms with van der Waals surface area (Å²) in [5.41, 5.74) is 6.00. The number of rotatable bonds is 13. The molecule has 5 atom stereocenters. The minimum absolute atomic E-state index is 0.000570. The zero-order chi connectivity index (χ0) is 25.1. The molecule has 1 aromatic rings. The van der Waals surface area contributed by atoms with E-state index in [0.29, 0.717) is 12.0 Å². The van der Waals surface area contributed by atoms with Crippen molar-refractivity contribution in [1.82, 2.24) is 16.0 Å². The Morgan fingerprint density at radius 2 is 1.48 bits per heavy atom. The highest BCUT2D eigenvalue weighted by Gasteiger charge is 2.32. The number of benzene rings is 1. The molecule has 0 fully saturated rings. The molecule has 1 aromatic carbocycles. The summed E-state index contributed by atoms with van der Waals surface area (Å²) < 4.78 is 0. The molecule has 0 radical (unpaired) electrons. The van der Waals surface area contributed by atoms with Crippen LogP contribution in [0, 0.1) is 5.92 Å². The van der Waals surface area contributed by atoms with Crippen molar-refractivity contribution < 1.29 is 39.6 Å². The van der Waals surface area contributed by atoms with Gasteiger partial charge in [0.1, 0.15) is 29.9 Å². The van der Waals surface area contributed by atoms with E-state index in [1.54, 1.807) is 13.8 Å². The Bertz CT molecular complexity index is 817. The molecule has 184 valence electrons. The Labute approximate surface area is 191 Å². The van der Waals surface area contributed by atoms with Gasteiger partial charge in [-0.2, -0.15) is 0 Å². The van der Waals surface area contributed by atoms with Crippen LogP contribution >= 0.6 is 0 Å². The molecule has 33 heavy (non-hydrogen) atoms. The van der Waals surface area contributed by atoms with Gasteiger partial charge in [-0.1, -0.05) is 32.4 Å². The Hall–Kier alpha value is -3.22. The van der Waals surface area contributed by atoms with Crippen LogP contribution in [0.3, 0.4) is 0 Å². The van der Waals surface area contributed by atoms with Crippen LogP contribution < -0.4 is 21.7 Å². The molecule has 0 aromatic heterocycles. The average molecular weight is 469 g/mol. The first-order valence-electron chi connectivity index (χ1n) is 10.4. The van der Waals surface area contributed by atoms with E-state index in [4.69, 9.17) is 10.8 Å². The second-order valence-corrected chi connectivity index (χ2v) is 7.67. The van der Waals surface area contributed by atoms with E-state index in [2.05, 4.69) is 16.0 Å². The van der Waals surface area contributed by atoms with Crippen molar-refractivity contribution in [3.05, 3.63) is 29.8 Å². The topological polar surface area (TPSA) is 211 Å². The standard InChI is InChI=1S/C21H32N4O8/c1-3-11(2)17(25-18(29)14(22)9-26)20(31)24-16(10-27)19(30)23-15(21(32)33)8-12-4-6-13(28)7-5-12/h4-7,11,14-17,26-28H,3,8-10,22H2,1-2H3,(H,23,30)(H,24,31)(H,25,29)(H,32,33). The number of carbonyl (C=O) groups is 4. The number of aromatic hydroxyl groups is 1. The van der Waals surface area contributed by atoms with Crippen LogP contribution in [-0.2, 0) is 25.6 Å². The second-order valence-electron chi connectivity index (χ2n) is 7.67. The van der Waals surface area contributed by atoms with Gasteiger partial charge in [-0.05, 0) is 23.6 Å². The fraction of sp³-hybridized carbons (Fsp3) is 0.524. The normalized spacial score (nSPS) is 15.4. The first-order valence-corrected chi connectivity index (χ1v) is 10.4. The minimum Gasteiger partial charge on any atom is -0.508 e. The number of phenolic OH excluding ortho intramolecular Hbond substituents is 1. The third kappa shape index (κ3) is 8.67. The molecular weight excluding hydrogens is 436 g/mol. The van der Waals surface area contributed by atoms with Gasteiger partial charge in [-0.25, -0.2) is 4.79 Å². The van der Waals surface area contributed by atoms with Crippen LogP contribution in [0.5, 0.6) is 5.75 Å². The number of carboxylic acid groups (broad SMARTS) is 1. The maximum atomic E-state index is 12.7. The van der Waals surface area contributed by atoms with Crippen molar-refractivity contribution in [2.45, 2.75) is 50.9 Å². The molecular formula is C21H32N4O8. The van der Waals surface area contributed by atoms with Crippen LogP contribution in [0.2, 0.25) is 0 Å². The van der Waals surface area contributed by atoms with E-state index in [9.17, 15) is 34.5 Å². The lowest BCUT2D eigenvalue weighted by Gasteiger charge is -2.27. The lowest BCUT2D eigenvalue weighted by molar-refractivity contribution is -0.142. The molecule has 3 amide bonds. The smallest absolute Gasteiger partial charge is 0.326 e. The predicted molar refractivity (Wildman–Crippen MR) is 117 cm³/mol. The molecule has 0 saturated heterocycles. The Morgan fingerprint density at radius 1 is 0.909 bits per heavy atom. The van der Waals surface area contributed by atoms with Crippen molar-refractivity contribution in [2.24, 2.45) is 11.7 Å². The highest BCUT2D eigenvalue weighted by Crippen LogP contribution is 2.12. The van der Waals surface area contributed by atoms with Gasteiger partial charge in [0.25, 0.3) is 0 Å². The quantitative estimate of drug-likeness (QED) is 0.158. The summed E-state index contributed by atoms with van der Waals surface area (Å²) in [5.74, 6) is -4.17. The minimum atomic E-state index is -1.48. The summed E-state index contributed by atoms with van der Waals surface area (Å²) >= 11 is 0. The fourth-order valence-electron chi connectivity index (χ4n) is 2.84. The molecule has 5 unspecified atom stereocenters. The maximum Gasteiger partial charge on any atom is 0.326 e. The number of hydrogen-bond donors (Lipinski definition) is 8. The van der Waals surface area contributed by atoms with Gasteiger partial charge in [0.2, 0.25) is 17.7 Å². The Kier molecular flexibility index (Phi) is 11.3. The summed E-state index contributed by atoms with van der Waals surface area (Å²) in [6.07, 6.45) is 0.383. The molecule has 0 heterocycles. The molecule has 0 saturated carbocycles. The van der Waals surface area contributed by atoms with Gasteiger partial charge >= 0.3 is 5.97 Å². The number of carbonyl (C=O) groups excluding carboxylic acids is 3. The molecule has 0 aliphatic carbocycles. The summed E-state index contributed by atoms with van der Waals surface area (Å²) in [4.78, 5) is 48.9. The number of nitrogens with one attached hydrogen (secondary N) is 3. The van der Waals surface area contributed by atoms with Crippen LogP contribution in [0.15, 0.2) is 24.3 Å². The Balaban J connectivity index is 2.89. The summed E-state index contributed by atoms with van der Waals surface area (Å²) in [7, 11) is 0. The number of amides is 3. The zero-order valence-electron chi connectivity index (χ0n) is 18.5. The first-order chi connectivity index (χ1) is 15.5. The number of nitrogens with two attached hydrogens (primary N) is 1. The number of phenols is 1. The van der Waals surface area contributed by atoms with Gasteiger partial charge in [0, 0.05) is 6.42 Å². The highest BCUT2D eigenvalue weighted by atomic mass is 16.4. The summed E-state index contributed by atoms with van der Waals surface area (Å²) in [5, 5.41) is 44.4. The Morgan fingerprint density at radius 3 is 1.97 bits per heavy atom. The molecule has 0 bridgehead atoms. The number of aliphatic hydroxyl groups is 2. The monoisotopic (exact) mass is 468 g/mol. The summed E-state index contributed by atoms with van der Waals surface area (Å²) in [6, 6.07) is 0.567. The number of aliphatic hydroxyl groups excluding tert-OH is 2. The van der Waals surface area contributed by atoms with Crippen molar-refractivity contribution in [1.29, 1.82) is 0 Å². The van der Waals surface area contributed by atoms with Crippen molar-refractivity contribution in [2.75, 3.05) is 13.2 Å². The average Bonchev–Trinajstić information content (AvgIpc) is 2.80. The molecule has 9 N–H and O–H groups in total. The van der Waals surface area contributed by atoms with Gasteiger partial charge in [0.15, 0.2) is 0 Å². The number of aliphatic carboxylic acids is 1. The van der Waals surface area contributed by atoms with Gasteiger partial charge in [-0.15, -0.1) is 0 Å². The van der Waals surface area contributed by atoms with Crippen LogP contribution in [0.4, 0.5) is 0 Å². The molecule has 0 aliphatic heterocycles. The molecule has 1 rings (SSSR count). The highest BCUT2D eigenvalue weighted by molar-refractivity contribution is 5.94. The van der Waals surface area contributed by atoms with E-state index >= 15 is 0 Å². The van der Waals surface area contributed by atoms with Crippen molar-refractivity contribution >= 4 is 23.7 Å². The van der Waals surface area contributed by atoms with Crippen LogP contribution in [0.1, 0.15) is 25.8 Å². The molecule has 0 aliphatic rings. The van der Waals surface area contributed by atoms with Crippen molar-refractivity contribution in [3.8, 4) is 5.75 Å². The van der Waals surface area contributed by atoms with E-state index in [-0.39, 0.29) is 18.1 Å². The van der Waals surface area contributed by atoms with E-state index < -0.39 is 61.1 Å². The predicted octanol–water partition coefficient (Wildman–Crippen LogP) is -2.17. The SMILES string of the molecule is CCC(C)C(NC(=O)C(N)CO)C(=O)NC(CO)C(=O)NC(Cc1ccc(O)cc1)C(=O)O. The second kappa shape index (κ2) is 13.4. The van der Waals surface area contributed by atoms with Gasteiger partial charge < -0.3 is 42.1 Å². The fourth-order valence-corrected chi connectivity index (χ4v) is 2.84. The third-order valence-corrected chi connectivity index (χ3v) is 5.13. The largest absolute Gasteiger partial charge is 0.508 e. The maximum absolute atomic E-state index is 12.7.